The zero-order valence-corrected chi connectivity index (χ0v) is 6.64. The van der Waals surface area contributed by atoms with Crippen molar-refractivity contribution in [2.24, 2.45) is 5.92 Å². The van der Waals surface area contributed by atoms with Crippen molar-refractivity contribution < 1.29 is 14.3 Å². The predicted molar refractivity (Wildman–Crippen MR) is 39.1 cm³/mol. The molecule has 1 atom stereocenters. The van der Waals surface area contributed by atoms with Crippen LogP contribution in [0.1, 0.15) is 32.6 Å². The third kappa shape index (κ3) is 1.91. The molecule has 0 aromatic rings. The molecule has 3 heteroatoms. The lowest BCUT2D eigenvalue weighted by atomic mass is 9.73. The summed E-state index contributed by atoms with van der Waals surface area (Å²) < 4.78 is 13.4. The van der Waals surface area contributed by atoms with Gasteiger partial charge in [0.25, 0.3) is 0 Å². The molecule has 0 saturated heterocycles. The van der Waals surface area contributed by atoms with Gasteiger partial charge < -0.3 is 5.11 Å². The maximum atomic E-state index is 13.4. The van der Waals surface area contributed by atoms with E-state index in [1.165, 1.54) is 6.92 Å². The van der Waals surface area contributed by atoms with Crippen LogP contribution in [-0.4, -0.2) is 16.7 Å². The van der Waals surface area contributed by atoms with Crippen LogP contribution in [0.5, 0.6) is 0 Å². The number of hydrogen-bond donors (Lipinski definition) is 1. The normalized spacial score (nSPS) is 23.8. The second kappa shape index (κ2) is 2.80. The Bertz CT molecular complexity index is 161. The first-order valence-corrected chi connectivity index (χ1v) is 3.93. The van der Waals surface area contributed by atoms with E-state index in [0.717, 1.165) is 19.3 Å². The first-order chi connectivity index (χ1) is 5.02. The summed E-state index contributed by atoms with van der Waals surface area (Å²) in [6, 6.07) is 0. The Morgan fingerprint density at radius 3 is 2.55 bits per heavy atom. The first-order valence-electron chi connectivity index (χ1n) is 3.93. The minimum absolute atomic E-state index is 0.0152. The first kappa shape index (κ1) is 8.50. The SMILES string of the molecule is CC(F)(CC(=O)O)C1CCC1. The number of halogens is 1. The van der Waals surface area contributed by atoms with Crippen LogP contribution >= 0.6 is 0 Å². The Balaban J connectivity index is 2.43. The smallest absolute Gasteiger partial charge is 0.306 e. The van der Waals surface area contributed by atoms with Gasteiger partial charge in [-0.2, -0.15) is 0 Å². The van der Waals surface area contributed by atoms with Crippen LogP contribution in [0.15, 0.2) is 0 Å². The Morgan fingerprint density at radius 2 is 2.27 bits per heavy atom. The van der Waals surface area contributed by atoms with Gasteiger partial charge in [-0.15, -0.1) is 0 Å². The molecule has 0 spiro atoms. The van der Waals surface area contributed by atoms with E-state index < -0.39 is 11.6 Å². The van der Waals surface area contributed by atoms with Crippen molar-refractivity contribution in [3.63, 3.8) is 0 Å². The number of carboxylic acid groups (broad SMARTS) is 1. The van der Waals surface area contributed by atoms with Gasteiger partial charge >= 0.3 is 5.97 Å². The molecule has 0 radical (unpaired) electrons. The monoisotopic (exact) mass is 160 g/mol. The van der Waals surface area contributed by atoms with Crippen LogP contribution in [0.3, 0.4) is 0 Å². The number of alkyl halides is 1. The summed E-state index contributed by atoms with van der Waals surface area (Å²) in [5, 5.41) is 8.38. The van der Waals surface area contributed by atoms with E-state index in [-0.39, 0.29) is 12.3 Å². The predicted octanol–water partition coefficient (Wildman–Crippen LogP) is 1.99. The van der Waals surface area contributed by atoms with E-state index in [0.29, 0.717) is 0 Å². The summed E-state index contributed by atoms with van der Waals surface area (Å²) in [5.74, 6) is -1.06. The minimum Gasteiger partial charge on any atom is -0.481 e. The van der Waals surface area contributed by atoms with Crippen LogP contribution in [0, 0.1) is 5.92 Å². The van der Waals surface area contributed by atoms with Crippen molar-refractivity contribution in [3.8, 4) is 0 Å². The molecule has 1 saturated carbocycles. The third-order valence-corrected chi connectivity index (χ3v) is 2.45. The molecule has 11 heavy (non-hydrogen) atoms. The summed E-state index contributed by atoms with van der Waals surface area (Å²) in [4.78, 5) is 10.2. The molecule has 64 valence electrons. The van der Waals surface area contributed by atoms with Crippen molar-refractivity contribution in [2.45, 2.75) is 38.3 Å². The molecule has 1 aliphatic rings. The molecule has 1 fully saturated rings. The average molecular weight is 160 g/mol. The third-order valence-electron chi connectivity index (χ3n) is 2.45. The lowest BCUT2D eigenvalue weighted by molar-refractivity contribution is -0.141. The molecule has 1 N–H and O–H groups in total. The van der Waals surface area contributed by atoms with E-state index in [1.54, 1.807) is 0 Å². The lowest BCUT2D eigenvalue weighted by Gasteiger charge is -2.35. The van der Waals surface area contributed by atoms with Crippen molar-refractivity contribution in [1.82, 2.24) is 0 Å². The molecular formula is C8H13FO2. The minimum atomic E-state index is -1.48. The van der Waals surface area contributed by atoms with Gasteiger partial charge in [0, 0.05) is 0 Å². The van der Waals surface area contributed by atoms with Gasteiger partial charge in [-0.3, -0.25) is 4.79 Å². The van der Waals surface area contributed by atoms with Gasteiger partial charge in [0.15, 0.2) is 0 Å². The fourth-order valence-corrected chi connectivity index (χ4v) is 1.45. The van der Waals surface area contributed by atoms with Gasteiger partial charge in [-0.1, -0.05) is 6.42 Å². The summed E-state index contributed by atoms with van der Waals surface area (Å²) in [5.41, 5.74) is -1.48. The van der Waals surface area contributed by atoms with Crippen LogP contribution in [0.25, 0.3) is 0 Å². The molecule has 0 aromatic carbocycles. The number of rotatable bonds is 3. The summed E-state index contributed by atoms with van der Waals surface area (Å²) in [7, 11) is 0. The van der Waals surface area contributed by atoms with Gasteiger partial charge in [0.05, 0.1) is 6.42 Å². The van der Waals surface area contributed by atoms with Crippen molar-refractivity contribution >= 4 is 5.97 Å². The summed E-state index contributed by atoms with van der Waals surface area (Å²) in [6.07, 6.45) is 2.39. The molecular weight excluding hydrogens is 147 g/mol. The molecule has 0 amide bonds. The average Bonchev–Trinajstić information content (AvgIpc) is 1.50. The molecule has 1 aliphatic carbocycles. The lowest BCUT2D eigenvalue weighted by Crippen LogP contribution is -2.36. The van der Waals surface area contributed by atoms with Crippen molar-refractivity contribution in [2.75, 3.05) is 0 Å². The van der Waals surface area contributed by atoms with E-state index in [2.05, 4.69) is 0 Å². The van der Waals surface area contributed by atoms with Crippen LogP contribution in [-0.2, 0) is 4.79 Å². The highest BCUT2D eigenvalue weighted by molar-refractivity contribution is 5.68. The second-order valence-corrected chi connectivity index (χ2v) is 3.48. The fourth-order valence-electron chi connectivity index (χ4n) is 1.45. The number of hydrogen-bond acceptors (Lipinski definition) is 1. The quantitative estimate of drug-likeness (QED) is 0.685. The standard InChI is InChI=1S/C8H13FO2/c1-8(9,5-7(10)11)6-3-2-4-6/h6H,2-5H2,1H3,(H,10,11). The zero-order valence-electron chi connectivity index (χ0n) is 6.64. The Labute approximate surface area is 65.4 Å². The number of aliphatic carboxylic acids is 1. The summed E-state index contributed by atoms with van der Waals surface area (Å²) in [6.45, 7) is 1.39. The molecule has 0 aromatic heterocycles. The van der Waals surface area contributed by atoms with Gasteiger partial charge in [0.1, 0.15) is 5.67 Å². The molecule has 0 bridgehead atoms. The number of carboxylic acids is 1. The molecule has 1 unspecified atom stereocenters. The van der Waals surface area contributed by atoms with Crippen LogP contribution < -0.4 is 0 Å². The Morgan fingerprint density at radius 1 is 1.73 bits per heavy atom. The van der Waals surface area contributed by atoms with E-state index in [4.69, 9.17) is 5.11 Å². The van der Waals surface area contributed by atoms with Crippen LogP contribution in [0.2, 0.25) is 0 Å². The highest BCUT2D eigenvalue weighted by atomic mass is 19.1. The maximum absolute atomic E-state index is 13.4. The molecule has 2 nitrogen and oxygen atoms in total. The molecule has 1 rings (SSSR count). The van der Waals surface area contributed by atoms with Crippen LogP contribution in [0.4, 0.5) is 4.39 Å². The second-order valence-electron chi connectivity index (χ2n) is 3.48. The highest BCUT2D eigenvalue weighted by Gasteiger charge is 2.39. The van der Waals surface area contributed by atoms with Crippen molar-refractivity contribution in [3.05, 3.63) is 0 Å². The number of carbonyl (C=O) groups is 1. The van der Waals surface area contributed by atoms with Crippen molar-refractivity contribution in [1.29, 1.82) is 0 Å². The Kier molecular flexibility index (Phi) is 2.16. The van der Waals surface area contributed by atoms with Gasteiger partial charge in [0.2, 0.25) is 0 Å². The maximum Gasteiger partial charge on any atom is 0.306 e. The molecule has 0 heterocycles. The summed E-state index contributed by atoms with van der Waals surface area (Å²) >= 11 is 0. The fraction of sp³-hybridized carbons (Fsp3) is 0.875. The molecule has 0 aliphatic heterocycles. The van der Waals surface area contributed by atoms with E-state index >= 15 is 0 Å². The Hall–Kier alpha value is -0.600. The van der Waals surface area contributed by atoms with E-state index in [1.807, 2.05) is 0 Å². The largest absolute Gasteiger partial charge is 0.481 e. The topological polar surface area (TPSA) is 37.3 Å². The zero-order chi connectivity index (χ0) is 8.48. The van der Waals surface area contributed by atoms with Gasteiger partial charge in [-0.05, 0) is 25.7 Å². The van der Waals surface area contributed by atoms with Gasteiger partial charge in [-0.25, -0.2) is 4.39 Å². The van der Waals surface area contributed by atoms with E-state index in [9.17, 15) is 9.18 Å². The highest BCUT2D eigenvalue weighted by Crippen LogP contribution is 2.40.